The molecule has 0 amide bonds. The summed E-state index contributed by atoms with van der Waals surface area (Å²) in [5.41, 5.74) is 2.76. The van der Waals surface area contributed by atoms with Crippen LogP contribution in [-0.2, 0) is 0 Å². The fourth-order valence-electron chi connectivity index (χ4n) is 4.85. The molecule has 1 saturated carbocycles. The molecule has 0 aromatic heterocycles. The molecule has 34 heavy (non-hydrogen) atoms. The van der Waals surface area contributed by atoms with Crippen LogP contribution in [0, 0.1) is 23.4 Å². The van der Waals surface area contributed by atoms with E-state index < -0.39 is 11.6 Å². The first-order valence-corrected chi connectivity index (χ1v) is 12.2. The first kappa shape index (κ1) is 24.1. The minimum absolute atomic E-state index is 0.103. The molecular weight excluding hydrogens is 433 g/mol. The van der Waals surface area contributed by atoms with Crippen molar-refractivity contribution in [2.45, 2.75) is 51.9 Å². The van der Waals surface area contributed by atoms with Gasteiger partial charge in [0.25, 0.3) is 0 Å². The second-order valence-electron chi connectivity index (χ2n) is 9.03. The summed E-state index contributed by atoms with van der Waals surface area (Å²) in [5.74, 6) is -0.551. The molecule has 0 spiro atoms. The van der Waals surface area contributed by atoms with Crippen molar-refractivity contribution in [3.05, 3.63) is 88.7 Å². The van der Waals surface area contributed by atoms with Crippen LogP contribution >= 0.6 is 0 Å². The van der Waals surface area contributed by atoms with Crippen LogP contribution in [0.3, 0.4) is 0 Å². The number of benzene rings is 3. The summed E-state index contributed by atoms with van der Waals surface area (Å²) in [7, 11) is 0. The molecule has 0 unspecified atom stereocenters. The Morgan fingerprint density at radius 3 is 2.21 bits per heavy atom. The Morgan fingerprint density at radius 1 is 0.824 bits per heavy atom. The zero-order valence-corrected chi connectivity index (χ0v) is 19.8. The Balaban J connectivity index is 1.47. The van der Waals surface area contributed by atoms with Gasteiger partial charge in [0, 0.05) is 17.2 Å². The lowest BCUT2D eigenvalue weighted by Crippen LogP contribution is -2.14. The quantitative estimate of drug-likeness (QED) is 0.317. The average Bonchev–Trinajstić information content (AvgIpc) is 2.86. The summed E-state index contributed by atoms with van der Waals surface area (Å²) in [6.07, 6.45) is 8.49. The van der Waals surface area contributed by atoms with E-state index in [4.69, 9.17) is 4.74 Å². The number of hydrogen-bond donors (Lipinski definition) is 0. The molecule has 3 aromatic carbocycles. The molecule has 0 aliphatic heterocycles. The molecule has 0 saturated heterocycles. The minimum atomic E-state index is -0.792. The third-order valence-electron chi connectivity index (χ3n) is 6.93. The lowest BCUT2D eigenvalue weighted by molar-refractivity contribution is 0.312. The lowest BCUT2D eigenvalue weighted by atomic mass is 9.77. The van der Waals surface area contributed by atoms with Gasteiger partial charge >= 0.3 is 0 Å². The topological polar surface area (TPSA) is 9.23 Å². The number of ether oxygens (including phenoxy) is 1. The van der Waals surface area contributed by atoms with Crippen LogP contribution in [0.2, 0.25) is 0 Å². The highest BCUT2D eigenvalue weighted by Crippen LogP contribution is 2.38. The van der Waals surface area contributed by atoms with Gasteiger partial charge in [-0.05, 0) is 73.3 Å². The molecule has 3 aromatic rings. The Morgan fingerprint density at radius 2 is 1.56 bits per heavy atom. The van der Waals surface area contributed by atoms with Gasteiger partial charge in [-0.2, -0.15) is 0 Å². The maximum atomic E-state index is 14.9. The van der Waals surface area contributed by atoms with E-state index in [0.717, 1.165) is 43.2 Å². The van der Waals surface area contributed by atoms with Gasteiger partial charge in [0.1, 0.15) is 11.6 Å². The van der Waals surface area contributed by atoms with Gasteiger partial charge in [-0.3, -0.25) is 0 Å². The zero-order valence-electron chi connectivity index (χ0n) is 19.8. The van der Waals surface area contributed by atoms with Crippen LogP contribution in [0.4, 0.5) is 13.2 Å². The van der Waals surface area contributed by atoms with E-state index in [0.29, 0.717) is 29.4 Å². The van der Waals surface area contributed by atoms with E-state index in [2.05, 4.69) is 6.92 Å². The monoisotopic (exact) mass is 464 g/mol. The molecule has 0 radical (unpaired) electrons. The van der Waals surface area contributed by atoms with Crippen molar-refractivity contribution < 1.29 is 17.9 Å². The number of halogens is 3. The Hall–Kier alpha value is -3.01. The molecule has 0 heterocycles. The highest BCUT2D eigenvalue weighted by Gasteiger charge is 2.25. The lowest BCUT2D eigenvalue weighted by Gasteiger charge is -2.28. The van der Waals surface area contributed by atoms with Gasteiger partial charge in [-0.15, -0.1) is 0 Å². The van der Waals surface area contributed by atoms with Crippen LogP contribution in [0.5, 0.6) is 5.75 Å². The molecule has 0 atom stereocenters. The molecule has 1 nitrogen and oxygen atoms in total. The molecule has 4 rings (SSSR count). The third-order valence-corrected chi connectivity index (χ3v) is 6.93. The molecule has 4 heteroatoms. The van der Waals surface area contributed by atoms with Crippen LogP contribution in [0.1, 0.15) is 68.6 Å². The smallest absolute Gasteiger partial charge is 0.166 e. The van der Waals surface area contributed by atoms with Gasteiger partial charge < -0.3 is 4.74 Å². The van der Waals surface area contributed by atoms with Crippen molar-refractivity contribution in [2.75, 3.05) is 6.61 Å². The third kappa shape index (κ3) is 5.38. The van der Waals surface area contributed by atoms with Gasteiger partial charge in [0.05, 0.1) is 6.61 Å². The van der Waals surface area contributed by atoms with Gasteiger partial charge in [-0.1, -0.05) is 61.9 Å². The molecular formula is C30H31F3O. The molecule has 1 aliphatic rings. The molecule has 0 bridgehead atoms. The summed E-state index contributed by atoms with van der Waals surface area (Å²) in [5, 5.41) is 0. The van der Waals surface area contributed by atoms with Crippen molar-refractivity contribution in [1.82, 2.24) is 0 Å². The van der Waals surface area contributed by atoms with Crippen LogP contribution in [0.25, 0.3) is 23.3 Å². The minimum Gasteiger partial charge on any atom is -0.494 e. The predicted molar refractivity (Wildman–Crippen MR) is 133 cm³/mol. The van der Waals surface area contributed by atoms with Gasteiger partial charge in [0.15, 0.2) is 11.6 Å². The largest absolute Gasteiger partial charge is 0.494 e. The van der Waals surface area contributed by atoms with Crippen molar-refractivity contribution >= 4 is 12.2 Å². The fraction of sp³-hybridized carbons (Fsp3) is 0.333. The fourth-order valence-corrected chi connectivity index (χ4v) is 4.85. The van der Waals surface area contributed by atoms with E-state index >= 15 is 0 Å². The Kier molecular flexibility index (Phi) is 7.77. The highest BCUT2D eigenvalue weighted by molar-refractivity contribution is 5.73. The zero-order chi connectivity index (χ0) is 24.1. The second-order valence-corrected chi connectivity index (χ2v) is 9.03. The van der Waals surface area contributed by atoms with Crippen LogP contribution in [-0.4, -0.2) is 6.61 Å². The molecule has 1 fully saturated rings. The van der Waals surface area contributed by atoms with Crippen LogP contribution < -0.4 is 4.74 Å². The maximum absolute atomic E-state index is 14.9. The van der Waals surface area contributed by atoms with E-state index in [1.165, 1.54) is 6.07 Å². The molecule has 1 aliphatic carbocycles. The summed E-state index contributed by atoms with van der Waals surface area (Å²) in [4.78, 5) is 0. The summed E-state index contributed by atoms with van der Waals surface area (Å²) >= 11 is 0. The van der Waals surface area contributed by atoms with Gasteiger partial charge in [0.2, 0.25) is 0 Å². The average molecular weight is 465 g/mol. The second kappa shape index (κ2) is 10.9. The first-order chi connectivity index (χ1) is 16.5. The first-order valence-electron chi connectivity index (χ1n) is 12.2. The summed E-state index contributed by atoms with van der Waals surface area (Å²) in [6, 6.07) is 15.5. The standard InChI is InChI=1S/C30H31F3O/c1-3-20-5-10-23(11-6-20)27-17-15-24(29(32)30(27)33)14-9-21-7-12-22(13-8-21)26-18-16-25(34-4-2)19-28(26)31/h7-9,12-20,23H,3-6,10-11H2,1-2H3. The Bertz CT molecular complexity index is 1140. The molecule has 178 valence electrons. The van der Waals surface area contributed by atoms with E-state index in [1.807, 2.05) is 31.2 Å². The normalized spacial score (nSPS) is 18.4. The van der Waals surface area contributed by atoms with Crippen molar-refractivity contribution in [2.24, 2.45) is 5.92 Å². The van der Waals surface area contributed by atoms with E-state index in [9.17, 15) is 13.2 Å². The summed E-state index contributed by atoms with van der Waals surface area (Å²) < 4.78 is 49.4. The number of rotatable bonds is 7. The van der Waals surface area contributed by atoms with Crippen LogP contribution in [0.15, 0.2) is 54.6 Å². The van der Waals surface area contributed by atoms with Crippen molar-refractivity contribution in [3.8, 4) is 16.9 Å². The predicted octanol–water partition coefficient (Wildman–Crippen LogP) is 9.02. The number of hydrogen-bond acceptors (Lipinski definition) is 1. The van der Waals surface area contributed by atoms with Gasteiger partial charge in [-0.25, -0.2) is 13.2 Å². The van der Waals surface area contributed by atoms with Crippen molar-refractivity contribution in [3.63, 3.8) is 0 Å². The Labute approximate surface area is 200 Å². The summed E-state index contributed by atoms with van der Waals surface area (Å²) in [6.45, 7) is 4.52. The van der Waals surface area contributed by atoms with Crippen molar-refractivity contribution in [1.29, 1.82) is 0 Å². The molecule has 0 N–H and O–H groups in total. The van der Waals surface area contributed by atoms with E-state index in [-0.39, 0.29) is 17.3 Å². The van der Waals surface area contributed by atoms with E-state index in [1.54, 1.807) is 36.4 Å². The maximum Gasteiger partial charge on any atom is 0.166 e. The SMILES string of the molecule is CCOc1ccc(-c2ccc(C=Cc3ccc(C4CCC(CC)CC4)c(F)c3F)cc2)c(F)c1. The highest BCUT2D eigenvalue weighted by atomic mass is 19.2.